The third-order valence-corrected chi connectivity index (χ3v) is 17.1. The standard InChI is InChI=1S/C27H28O3.C21H18O8S2.C20H24O/c1-27(18-4-3-5-19-27)22-10-16-25(17-11-22)30-24-14-8-21(9-15-24)26(28)20-6-12-23(29-2)13-7-20;1-13-3-8-17(9-4-13)27-18-10-7-16(12-20(18)31(24,25)26)21(22)15-6-5-14(2)19(11-15)30-29-28-23;1-16-6-8-17(9-7-16)20(14-4-3-5-15-20)18-10-12-19(21-2)13-11-18/h6-17H,3-5,18-19H2,1-2H3;3-12,23H,1-2H3,(H,24,25,26);6-13H,3-5,14-15H2,1-2H3. The van der Waals surface area contributed by atoms with E-state index in [2.05, 4.69) is 83.9 Å². The molecule has 0 aromatic heterocycles. The van der Waals surface area contributed by atoms with E-state index in [9.17, 15) is 22.6 Å². The van der Waals surface area contributed by atoms with E-state index >= 15 is 0 Å². The highest BCUT2D eigenvalue weighted by Gasteiger charge is 2.36. The second-order valence-electron chi connectivity index (χ2n) is 21.2. The minimum Gasteiger partial charge on any atom is -0.497 e. The highest BCUT2D eigenvalue weighted by molar-refractivity contribution is 7.94. The molecule has 2 aliphatic rings. The van der Waals surface area contributed by atoms with E-state index in [4.69, 9.17) is 24.2 Å². The third-order valence-electron chi connectivity index (χ3n) is 15.5. The molecule has 0 radical (unpaired) electrons. The van der Waals surface area contributed by atoms with Crippen molar-refractivity contribution >= 4 is 33.7 Å². The molecule has 14 heteroatoms. The number of carbonyl (C=O) groups excluding carboxylic acids is 2. The van der Waals surface area contributed by atoms with Gasteiger partial charge >= 0.3 is 0 Å². The monoisotopic (exact) mass is 1140 g/mol. The van der Waals surface area contributed by atoms with Crippen LogP contribution in [0.2, 0.25) is 0 Å². The van der Waals surface area contributed by atoms with Gasteiger partial charge in [0, 0.05) is 32.6 Å². The van der Waals surface area contributed by atoms with Gasteiger partial charge in [-0.05, 0) is 183 Å². The first kappa shape index (κ1) is 60.5. The summed E-state index contributed by atoms with van der Waals surface area (Å²) in [4.78, 5) is 25.6. The molecule has 82 heavy (non-hydrogen) atoms. The summed E-state index contributed by atoms with van der Waals surface area (Å²) in [5.41, 5.74) is 9.42. The van der Waals surface area contributed by atoms with E-state index in [1.165, 1.54) is 105 Å². The van der Waals surface area contributed by atoms with Crippen LogP contribution in [0.15, 0.2) is 192 Å². The lowest BCUT2D eigenvalue weighted by atomic mass is 9.65. The SMILES string of the molecule is COc1ccc(C(=O)c2ccc(Oc3ccc(C4(C)CCCCC4)cc3)cc2)cc1.COc1ccc(C2(c3ccc(C)cc3)CCCCC2)cc1.Cc1ccc(Oc2ccc(C(=O)c3ccc(C)c(SOOO)c3)cc2S(=O)(=O)O)cc1. The molecule has 0 unspecified atom stereocenters. The van der Waals surface area contributed by atoms with Crippen LogP contribution in [0.5, 0.6) is 34.5 Å². The molecule has 10 rings (SSSR count). The summed E-state index contributed by atoms with van der Waals surface area (Å²) in [5, 5.41) is 11.9. The number of aryl methyl sites for hydroxylation is 3. The summed E-state index contributed by atoms with van der Waals surface area (Å²) in [7, 11) is -1.33. The van der Waals surface area contributed by atoms with Crippen molar-refractivity contribution in [1.29, 1.82) is 0 Å². The van der Waals surface area contributed by atoms with Crippen molar-refractivity contribution in [3.8, 4) is 34.5 Å². The number of ketones is 2. The molecular formula is C68H70O12S2. The van der Waals surface area contributed by atoms with Gasteiger partial charge in [0.25, 0.3) is 10.1 Å². The second-order valence-corrected chi connectivity index (χ2v) is 23.3. The molecule has 12 nitrogen and oxygen atoms in total. The zero-order valence-corrected chi connectivity index (χ0v) is 48.8. The van der Waals surface area contributed by atoms with Crippen molar-refractivity contribution in [2.45, 2.75) is 113 Å². The Morgan fingerprint density at radius 1 is 0.476 bits per heavy atom. The number of hydrogen-bond donors (Lipinski definition) is 2. The lowest BCUT2D eigenvalue weighted by Gasteiger charge is -2.38. The Hall–Kier alpha value is -7.56. The maximum atomic E-state index is 12.9. The Morgan fingerprint density at radius 2 is 0.878 bits per heavy atom. The molecule has 0 saturated heterocycles. The second kappa shape index (κ2) is 27.9. The minimum absolute atomic E-state index is 0.0192. The summed E-state index contributed by atoms with van der Waals surface area (Å²) < 4.78 is 60.0. The number of ether oxygens (including phenoxy) is 4. The summed E-state index contributed by atoms with van der Waals surface area (Å²) >= 11 is 0.706. The van der Waals surface area contributed by atoms with Gasteiger partial charge in [0.1, 0.15) is 39.4 Å². The van der Waals surface area contributed by atoms with Crippen LogP contribution in [0.25, 0.3) is 0 Å². The Labute approximate surface area is 486 Å². The zero-order valence-electron chi connectivity index (χ0n) is 47.2. The summed E-state index contributed by atoms with van der Waals surface area (Å²) in [6.45, 7) is 8.20. The number of carbonyl (C=O) groups is 2. The number of benzene rings is 8. The average Bonchev–Trinajstić information content (AvgIpc) is 3.59. The quantitative estimate of drug-likeness (QED) is 0.0291. The van der Waals surface area contributed by atoms with Crippen LogP contribution in [-0.2, 0) is 30.3 Å². The fourth-order valence-corrected chi connectivity index (χ4v) is 11.8. The molecular weight excluding hydrogens is 1070 g/mol. The van der Waals surface area contributed by atoms with Crippen LogP contribution < -0.4 is 18.9 Å². The van der Waals surface area contributed by atoms with Crippen LogP contribution in [-0.4, -0.2) is 44.0 Å². The first-order chi connectivity index (χ1) is 39.5. The predicted octanol–water partition coefficient (Wildman–Crippen LogP) is 17.2. The number of hydrogen-bond acceptors (Lipinski definition) is 12. The van der Waals surface area contributed by atoms with Crippen LogP contribution in [0.3, 0.4) is 0 Å². The average molecular weight is 1140 g/mol. The fraction of sp³-hybridized carbons (Fsp3) is 0.265. The smallest absolute Gasteiger partial charge is 0.298 e. The molecule has 0 bridgehead atoms. The topological polar surface area (TPSA) is 164 Å². The zero-order chi connectivity index (χ0) is 58.3. The van der Waals surface area contributed by atoms with Gasteiger partial charge in [-0.1, -0.05) is 134 Å². The summed E-state index contributed by atoms with van der Waals surface area (Å²) in [5.74, 6) is 2.96. The van der Waals surface area contributed by atoms with Crippen LogP contribution in [0, 0.1) is 20.8 Å². The fourth-order valence-electron chi connectivity index (χ4n) is 10.7. The van der Waals surface area contributed by atoms with Gasteiger partial charge in [-0.25, -0.2) is 5.26 Å². The highest BCUT2D eigenvalue weighted by Crippen LogP contribution is 2.46. The van der Waals surface area contributed by atoms with Crippen molar-refractivity contribution in [1.82, 2.24) is 0 Å². The van der Waals surface area contributed by atoms with Gasteiger partial charge in [0.15, 0.2) is 11.6 Å². The minimum atomic E-state index is -4.67. The van der Waals surface area contributed by atoms with Crippen molar-refractivity contribution in [2.24, 2.45) is 0 Å². The van der Waals surface area contributed by atoms with Crippen molar-refractivity contribution in [3.05, 3.63) is 238 Å². The Morgan fingerprint density at radius 3 is 1.40 bits per heavy atom. The first-order valence-electron chi connectivity index (χ1n) is 27.5. The van der Waals surface area contributed by atoms with E-state index < -0.39 is 20.8 Å². The highest BCUT2D eigenvalue weighted by atomic mass is 32.2. The Balaban J connectivity index is 0.000000164. The molecule has 0 aliphatic heterocycles. The predicted molar refractivity (Wildman–Crippen MR) is 321 cm³/mol. The molecule has 0 heterocycles. The molecule has 2 aliphatic carbocycles. The van der Waals surface area contributed by atoms with Crippen molar-refractivity contribution in [2.75, 3.05) is 14.2 Å². The van der Waals surface area contributed by atoms with Gasteiger partial charge in [-0.15, -0.1) is 4.33 Å². The van der Waals surface area contributed by atoms with Crippen LogP contribution in [0.4, 0.5) is 0 Å². The normalized spacial score (nSPS) is 14.4. The molecule has 2 fully saturated rings. The Bertz CT molecular complexity index is 3500. The van der Waals surface area contributed by atoms with Crippen molar-refractivity contribution in [3.63, 3.8) is 0 Å². The van der Waals surface area contributed by atoms with E-state index in [0.29, 0.717) is 39.2 Å². The summed E-state index contributed by atoms with van der Waals surface area (Å²) in [6, 6.07) is 56.2. The molecule has 0 atom stereocenters. The molecule has 0 spiro atoms. The molecule has 2 saturated carbocycles. The lowest BCUT2D eigenvalue weighted by molar-refractivity contribution is -0.432. The van der Waals surface area contributed by atoms with E-state index in [1.807, 2.05) is 31.2 Å². The maximum absolute atomic E-state index is 12.9. The number of methoxy groups -OCH3 is 2. The van der Waals surface area contributed by atoms with Crippen LogP contribution in [0.1, 0.15) is 136 Å². The molecule has 8 aromatic rings. The van der Waals surface area contributed by atoms with Gasteiger partial charge in [-0.3, -0.25) is 14.1 Å². The number of rotatable bonds is 17. The van der Waals surface area contributed by atoms with Gasteiger partial charge in [0.2, 0.25) is 0 Å². The third kappa shape index (κ3) is 15.5. The molecule has 8 aromatic carbocycles. The first-order valence-corrected chi connectivity index (χ1v) is 29.6. The molecule has 426 valence electrons. The van der Waals surface area contributed by atoms with E-state index in [1.54, 1.807) is 93.9 Å². The maximum Gasteiger partial charge on any atom is 0.298 e. The molecule has 0 amide bonds. The van der Waals surface area contributed by atoms with Crippen LogP contribution >= 0.6 is 12.0 Å². The van der Waals surface area contributed by atoms with Gasteiger partial charge in [0.05, 0.1) is 26.3 Å². The van der Waals surface area contributed by atoms with Gasteiger partial charge < -0.3 is 18.9 Å². The lowest BCUT2D eigenvalue weighted by Crippen LogP contribution is -2.30. The molecule has 2 N–H and O–H groups in total. The van der Waals surface area contributed by atoms with Gasteiger partial charge in [-0.2, -0.15) is 8.42 Å². The van der Waals surface area contributed by atoms with E-state index in [-0.39, 0.29) is 28.1 Å². The van der Waals surface area contributed by atoms with Crippen molar-refractivity contribution < 1.29 is 56.1 Å². The summed E-state index contributed by atoms with van der Waals surface area (Å²) in [6.07, 6.45) is 13.0. The van der Waals surface area contributed by atoms with E-state index in [0.717, 1.165) is 40.2 Å². The Kier molecular flexibility index (Phi) is 20.6. The largest absolute Gasteiger partial charge is 0.497 e.